The van der Waals surface area contributed by atoms with Crippen LogP contribution in [0.4, 0.5) is 0 Å². The number of hydrogen-bond donors (Lipinski definition) is 1. The van der Waals surface area contributed by atoms with Crippen LogP contribution >= 0.6 is 0 Å². The topological polar surface area (TPSA) is 49.8 Å². The van der Waals surface area contributed by atoms with Crippen molar-refractivity contribution < 1.29 is 14.6 Å². The molecule has 1 amide bonds. The number of phenols is 1. The zero-order chi connectivity index (χ0) is 16.3. The summed E-state index contributed by atoms with van der Waals surface area (Å²) in [5.74, 6) is 0.646. The number of rotatable bonds is 4. The standard InChI is InChI=1S/C18H21NO3/c1-12-5-10-16(17(20)13(12)2)18(21)19(3)11-14-6-8-15(22-4)9-7-14/h5-10,20H,11H2,1-4H3. The predicted molar refractivity (Wildman–Crippen MR) is 86.4 cm³/mol. The summed E-state index contributed by atoms with van der Waals surface area (Å²) in [5, 5.41) is 10.2. The summed E-state index contributed by atoms with van der Waals surface area (Å²) in [6.07, 6.45) is 0. The number of carbonyl (C=O) groups is 1. The Hall–Kier alpha value is -2.49. The molecular weight excluding hydrogens is 278 g/mol. The van der Waals surface area contributed by atoms with Gasteiger partial charge in [-0.25, -0.2) is 0 Å². The lowest BCUT2D eigenvalue weighted by Crippen LogP contribution is -2.26. The molecule has 0 aliphatic carbocycles. The van der Waals surface area contributed by atoms with Gasteiger partial charge in [0.2, 0.25) is 0 Å². The predicted octanol–water partition coefficient (Wildman–Crippen LogP) is 3.29. The Morgan fingerprint density at radius 2 is 1.77 bits per heavy atom. The minimum absolute atomic E-state index is 0.0616. The highest BCUT2D eigenvalue weighted by Gasteiger charge is 2.18. The third kappa shape index (κ3) is 3.22. The number of nitrogens with zero attached hydrogens (tertiary/aromatic N) is 1. The SMILES string of the molecule is COc1ccc(CN(C)C(=O)c2ccc(C)c(C)c2O)cc1. The molecule has 0 heterocycles. The van der Waals surface area contributed by atoms with Crippen LogP contribution in [0.1, 0.15) is 27.0 Å². The molecule has 0 unspecified atom stereocenters. The molecule has 0 fully saturated rings. The molecule has 0 atom stereocenters. The molecule has 0 radical (unpaired) electrons. The van der Waals surface area contributed by atoms with Crippen molar-refractivity contribution in [3.05, 3.63) is 58.7 Å². The lowest BCUT2D eigenvalue weighted by molar-refractivity contribution is 0.0782. The number of benzene rings is 2. The fourth-order valence-electron chi connectivity index (χ4n) is 2.26. The number of amides is 1. The van der Waals surface area contributed by atoms with Crippen LogP contribution in [0.25, 0.3) is 0 Å². The fraction of sp³-hybridized carbons (Fsp3) is 0.278. The lowest BCUT2D eigenvalue weighted by atomic mass is 10.0. The van der Waals surface area contributed by atoms with E-state index in [1.807, 2.05) is 44.2 Å². The van der Waals surface area contributed by atoms with E-state index < -0.39 is 0 Å². The van der Waals surface area contributed by atoms with Gasteiger partial charge in [-0.2, -0.15) is 0 Å². The summed E-state index contributed by atoms with van der Waals surface area (Å²) in [7, 11) is 3.34. The van der Waals surface area contributed by atoms with E-state index in [1.54, 1.807) is 25.1 Å². The van der Waals surface area contributed by atoms with Crippen molar-refractivity contribution in [1.82, 2.24) is 4.90 Å². The summed E-state index contributed by atoms with van der Waals surface area (Å²) >= 11 is 0. The average molecular weight is 299 g/mol. The van der Waals surface area contributed by atoms with Gasteiger partial charge in [-0.15, -0.1) is 0 Å². The van der Waals surface area contributed by atoms with E-state index in [2.05, 4.69) is 0 Å². The van der Waals surface area contributed by atoms with Crippen molar-refractivity contribution in [2.75, 3.05) is 14.2 Å². The van der Waals surface area contributed by atoms with Crippen molar-refractivity contribution in [3.8, 4) is 11.5 Å². The molecule has 2 aromatic carbocycles. The van der Waals surface area contributed by atoms with E-state index in [1.165, 1.54) is 0 Å². The number of carbonyl (C=O) groups excluding carboxylic acids is 1. The zero-order valence-electron chi connectivity index (χ0n) is 13.4. The minimum Gasteiger partial charge on any atom is -0.507 e. The van der Waals surface area contributed by atoms with Gasteiger partial charge in [-0.3, -0.25) is 4.79 Å². The number of aryl methyl sites for hydroxylation is 1. The molecular formula is C18H21NO3. The maximum atomic E-state index is 12.5. The molecule has 0 aliphatic rings. The van der Waals surface area contributed by atoms with Crippen molar-refractivity contribution in [3.63, 3.8) is 0 Å². The van der Waals surface area contributed by atoms with Gasteiger partial charge in [0, 0.05) is 13.6 Å². The van der Waals surface area contributed by atoms with Crippen LogP contribution in [0.5, 0.6) is 11.5 Å². The summed E-state index contributed by atoms with van der Waals surface area (Å²) < 4.78 is 5.12. The third-order valence-corrected chi connectivity index (χ3v) is 3.86. The van der Waals surface area contributed by atoms with E-state index >= 15 is 0 Å². The van der Waals surface area contributed by atoms with Crippen LogP contribution in [0, 0.1) is 13.8 Å². The second-order valence-electron chi connectivity index (χ2n) is 5.41. The summed E-state index contributed by atoms with van der Waals surface area (Å²) in [6.45, 7) is 4.19. The Bertz CT molecular complexity index is 677. The summed E-state index contributed by atoms with van der Waals surface area (Å²) in [6, 6.07) is 11.1. The summed E-state index contributed by atoms with van der Waals surface area (Å²) in [5.41, 5.74) is 3.04. The monoisotopic (exact) mass is 299 g/mol. The van der Waals surface area contributed by atoms with Gasteiger partial charge >= 0.3 is 0 Å². The van der Waals surface area contributed by atoms with Crippen molar-refractivity contribution >= 4 is 5.91 Å². The fourth-order valence-corrected chi connectivity index (χ4v) is 2.26. The normalized spacial score (nSPS) is 10.4. The van der Waals surface area contributed by atoms with Crippen LogP contribution in [0.2, 0.25) is 0 Å². The molecule has 4 nitrogen and oxygen atoms in total. The van der Waals surface area contributed by atoms with Gasteiger partial charge in [-0.1, -0.05) is 18.2 Å². The quantitative estimate of drug-likeness (QED) is 0.942. The highest BCUT2D eigenvalue weighted by molar-refractivity contribution is 5.97. The van der Waals surface area contributed by atoms with Gasteiger partial charge in [0.15, 0.2) is 0 Å². The highest BCUT2D eigenvalue weighted by atomic mass is 16.5. The van der Waals surface area contributed by atoms with E-state index in [4.69, 9.17) is 4.74 Å². The zero-order valence-corrected chi connectivity index (χ0v) is 13.4. The van der Waals surface area contributed by atoms with Crippen molar-refractivity contribution in [2.45, 2.75) is 20.4 Å². The Balaban J connectivity index is 2.16. The maximum absolute atomic E-state index is 12.5. The molecule has 0 aliphatic heterocycles. The second kappa shape index (κ2) is 6.52. The number of hydrogen-bond acceptors (Lipinski definition) is 3. The Labute approximate surface area is 131 Å². The van der Waals surface area contributed by atoms with Gasteiger partial charge in [0.25, 0.3) is 5.91 Å². The van der Waals surface area contributed by atoms with Gasteiger partial charge < -0.3 is 14.7 Å². The smallest absolute Gasteiger partial charge is 0.257 e. The largest absolute Gasteiger partial charge is 0.507 e. The molecule has 1 N–H and O–H groups in total. The van der Waals surface area contributed by atoms with Crippen molar-refractivity contribution in [1.29, 1.82) is 0 Å². The first kappa shape index (κ1) is 15.9. The molecule has 4 heteroatoms. The highest BCUT2D eigenvalue weighted by Crippen LogP contribution is 2.26. The Kier molecular flexibility index (Phi) is 4.71. The van der Waals surface area contributed by atoms with Crippen LogP contribution in [0.3, 0.4) is 0 Å². The molecule has 116 valence electrons. The van der Waals surface area contributed by atoms with Crippen molar-refractivity contribution in [2.24, 2.45) is 0 Å². The van der Waals surface area contributed by atoms with Gasteiger partial charge in [0.1, 0.15) is 11.5 Å². The van der Waals surface area contributed by atoms with Crippen LogP contribution < -0.4 is 4.74 Å². The number of methoxy groups -OCH3 is 1. The third-order valence-electron chi connectivity index (χ3n) is 3.86. The molecule has 2 rings (SSSR count). The molecule has 22 heavy (non-hydrogen) atoms. The molecule has 0 spiro atoms. The van der Waals surface area contributed by atoms with E-state index in [9.17, 15) is 9.90 Å². The summed E-state index contributed by atoms with van der Waals surface area (Å²) in [4.78, 5) is 14.1. The minimum atomic E-state index is -0.198. The van der Waals surface area contributed by atoms with Gasteiger partial charge in [0.05, 0.1) is 12.7 Å². The lowest BCUT2D eigenvalue weighted by Gasteiger charge is -2.19. The molecule has 2 aromatic rings. The van der Waals surface area contributed by atoms with E-state index in [0.29, 0.717) is 12.1 Å². The van der Waals surface area contributed by atoms with Gasteiger partial charge in [-0.05, 0) is 48.7 Å². The number of aromatic hydroxyl groups is 1. The molecule has 0 saturated heterocycles. The number of phenolic OH excluding ortho intramolecular Hbond substituents is 1. The van der Waals surface area contributed by atoms with Crippen LogP contribution in [0.15, 0.2) is 36.4 Å². The molecule has 0 saturated carbocycles. The Morgan fingerprint density at radius 1 is 1.14 bits per heavy atom. The second-order valence-corrected chi connectivity index (χ2v) is 5.41. The number of ether oxygens (including phenoxy) is 1. The van der Waals surface area contributed by atoms with E-state index in [0.717, 1.165) is 22.4 Å². The van der Waals surface area contributed by atoms with Crippen LogP contribution in [-0.4, -0.2) is 30.1 Å². The first-order chi connectivity index (χ1) is 10.4. The average Bonchev–Trinajstić information content (AvgIpc) is 2.53. The first-order valence-corrected chi connectivity index (χ1v) is 7.11. The molecule has 0 bridgehead atoms. The first-order valence-electron chi connectivity index (χ1n) is 7.11. The maximum Gasteiger partial charge on any atom is 0.257 e. The Morgan fingerprint density at radius 3 is 2.36 bits per heavy atom. The molecule has 0 aromatic heterocycles. The van der Waals surface area contributed by atoms with Crippen LogP contribution in [-0.2, 0) is 6.54 Å². The van der Waals surface area contributed by atoms with E-state index in [-0.39, 0.29) is 11.7 Å².